The Morgan fingerprint density at radius 3 is 2.63 bits per heavy atom. The van der Waals surface area contributed by atoms with Crippen molar-refractivity contribution in [2.24, 2.45) is 5.92 Å². The van der Waals surface area contributed by atoms with Crippen molar-refractivity contribution >= 4 is 11.9 Å². The van der Waals surface area contributed by atoms with Gasteiger partial charge in [0.25, 0.3) is 0 Å². The van der Waals surface area contributed by atoms with Crippen molar-refractivity contribution in [3.63, 3.8) is 0 Å². The van der Waals surface area contributed by atoms with Crippen LogP contribution in [0.2, 0.25) is 0 Å². The molecule has 0 aromatic heterocycles. The lowest BCUT2D eigenvalue weighted by atomic mass is 10.1. The fourth-order valence-corrected chi connectivity index (χ4v) is 1.84. The first-order chi connectivity index (χ1) is 8.99. The highest BCUT2D eigenvalue weighted by Gasteiger charge is 2.28. The highest BCUT2D eigenvalue weighted by atomic mass is 19.1. The van der Waals surface area contributed by atoms with Crippen molar-refractivity contribution in [2.75, 3.05) is 14.2 Å². The van der Waals surface area contributed by atoms with E-state index in [0.717, 1.165) is 0 Å². The first-order valence-electron chi connectivity index (χ1n) is 6.06. The molecule has 1 amide bonds. The minimum absolute atomic E-state index is 0.254. The second kappa shape index (κ2) is 6.87. The molecule has 0 saturated heterocycles. The number of amides is 1. The van der Waals surface area contributed by atoms with Crippen LogP contribution >= 0.6 is 0 Å². The minimum Gasteiger partial charge on any atom is -0.468 e. The Kier molecular flexibility index (Phi) is 5.48. The number of carbonyl (C=O) groups excluding carboxylic acids is 2. The number of rotatable bonds is 5. The fraction of sp³-hybridized carbons (Fsp3) is 0.429. The molecule has 1 aromatic carbocycles. The van der Waals surface area contributed by atoms with E-state index in [9.17, 15) is 14.0 Å². The highest BCUT2D eigenvalue weighted by Crippen LogP contribution is 2.12. The van der Waals surface area contributed by atoms with Crippen LogP contribution in [-0.2, 0) is 20.9 Å². The van der Waals surface area contributed by atoms with E-state index in [1.54, 1.807) is 26.1 Å². The first kappa shape index (κ1) is 15.1. The minimum atomic E-state index is -0.802. The molecule has 1 aromatic rings. The number of hydrogen-bond donors (Lipinski definition) is 0. The number of methoxy groups -OCH3 is 1. The van der Waals surface area contributed by atoms with Crippen molar-refractivity contribution in [3.05, 3.63) is 35.6 Å². The summed E-state index contributed by atoms with van der Waals surface area (Å²) in [6.07, 6.45) is 0.374. The molecule has 0 bridgehead atoms. The van der Waals surface area contributed by atoms with Gasteiger partial charge in [-0.2, -0.15) is 0 Å². The van der Waals surface area contributed by atoms with Gasteiger partial charge in [-0.3, -0.25) is 9.59 Å². The maximum atomic E-state index is 13.0. The summed E-state index contributed by atoms with van der Waals surface area (Å²) in [6, 6.07) is 6.02. The summed E-state index contributed by atoms with van der Waals surface area (Å²) >= 11 is 0. The van der Waals surface area contributed by atoms with E-state index in [0.29, 0.717) is 12.0 Å². The summed E-state index contributed by atoms with van der Waals surface area (Å²) in [4.78, 5) is 25.0. The van der Waals surface area contributed by atoms with Gasteiger partial charge in [0.15, 0.2) is 0 Å². The molecule has 0 saturated carbocycles. The van der Waals surface area contributed by atoms with Gasteiger partial charge in [-0.15, -0.1) is 0 Å². The Bertz CT molecular complexity index is 462. The Morgan fingerprint density at radius 1 is 1.42 bits per heavy atom. The third-order valence-corrected chi connectivity index (χ3v) is 2.88. The van der Waals surface area contributed by atoms with Gasteiger partial charge in [-0.1, -0.05) is 19.1 Å². The van der Waals surface area contributed by atoms with E-state index in [1.807, 2.05) is 0 Å². The van der Waals surface area contributed by atoms with E-state index in [-0.39, 0.29) is 18.3 Å². The molecule has 0 aliphatic rings. The van der Waals surface area contributed by atoms with Crippen molar-refractivity contribution in [1.29, 1.82) is 0 Å². The van der Waals surface area contributed by atoms with E-state index in [1.165, 1.54) is 24.1 Å². The lowest BCUT2D eigenvalue weighted by Gasteiger charge is -2.21. The van der Waals surface area contributed by atoms with Crippen LogP contribution in [0, 0.1) is 11.7 Å². The predicted octanol–water partition coefficient (Wildman–Crippen LogP) is 1.98. The first-order valence-corrected chi connectivity index (χ1v) is 6.06. The normalized spacial score (nSPS) is 11.8. The topological polar surface area (TPSA) is 46.6 Å². The average Bonchev–Trinajstić information content (AvgIpc) is 2.39. The standard InChI is InChI=1S/C14H18FNO3/c1-4-12(14(18)19-3)13(17)16(2)9-10-6-5-7-11(15)8-10/h5-8,12H,4,9H2,1-3H3. The van der Waals surface area contributed by atoms with Crippen LogP contribution < -0.4 is 0 Å². The van der Waals surface area contributed by atoms with Crippen LogP contribution in [0.1, 0.15) is 18.9 Å². The lowest BCUT2D eigenvalue weighted by molar-refractivity contribution is -0.153. The van der Waals surface area contributed by atoms with E-state index >= 15 is 0 Å². The summed E-state index contributed by atoms with van der Waals surface area (Å²) < 4.78 is 17.6. The number of halogens is 1. The molecule has 0 heterocycles. The maximum Gasteiger partial charge on any atom is 0.318 e. The van der Waals surface area contributed by atoms with Crippen molar-refractivity contribution in [1.82, 2.24) is 4.90 Å². The van der Waals surface area contributed by atoms with E-state index in [2.05, 4.69) is 4.74 Å². The van der Waals surface area contributed by atoms with Crippen molar-refractivity contribution < 1.29 is 18.7 Å². The molecule has 104 valence electrons. The molecule has 1 atom stereocenters. The van der Waals surface area contributed by atoms with Crippen LogP contribution in [-0.4, -0.2) is 30.9 Å². The zero-order chi connectivity index (χ0) is 14.4. The van der Waals surface area contributed by atoms with Gasteiger partial charge in [-0.05, 0) is 24.1 Å². The zero-order valence-electron chi connectivity index (χ0n) is 11.4. The lowest BCUT2D eigenvalue weighted by Crippen LogP contribution is -2.36. The number of ether oxygens (including phenoxy) is 1. The quantitative estimate of drug-likeness (QED) is 0.605. The molecule has 1 unspecified atom stereocenters. The third kappa shape index (κ3) is 4.05. The summed E-state index contributed by atoms with van der Waals surface area (Å²) in [5.41, 5.74) is 0.676. The molecule has 5 heteroatoms. The average molecular weight is 267 g/mol. The van der Waals surface area contributed by atoms with Gasteiger partial charge >= 0.3 is 5.97 Å². The zero-order valence-corrected chi connectivity index (χ0v) is 11.4. The third-order valence-electron chi connectivity index (χ3n) is 2.88. The number of benzene rings is 1. The van der Waals surface area contributed by atoms with E-state index in [4.69, 9.17) is 0 Å². The number of esters is 1. The van der Waals surface area contributed by atoms with Gasteiger partial charge in [0.2, 0.25) is 5.91 Å². The summed E-state index contributed by atoms with van der Waals surface area (Å²) in [5.74, 6) is -2.01. The molecule has 19 heavy (non-hydrogen) atoms. The van der Waals surface area contributed by atoms with Gasteiger partial charge in [0.1, 0.15) is 11.7 Å². The van der Waals surface area contributed by atoms with Gasteiger partial charge in [0, 0.05) is 13.6 Å². The van der Waals surface area contributed by atoms with Crippen LogP contribution in [0.25, 0.3) is 0 Å². The largest absolute Gasteiger partial charge is 0.468 e. The number of nitrogens with zero attached hydrogens (tertiary/aromatic N) is 1. The number of carbonyl (C=O) groups is 2. The molecule has 0 radical (unpaired) electrons. The van der Waals surface area contributed by atoms with Crippen LogP contribution in [0.4, 0.5) is 4.39 Å². The molecule has 0 aliphatic carbocycles. The molecule has 0 N–H and O–H groups in total. The van der Waals surface area contributed by atoms with Crippen molar-refractivity contribution in [2.45, 2.75) is 19.9 Å². The molecule has 0 spiro atoms. The fourth-order valence-electron chi connectivity index (χ4n) is 1.84. The van der Waals surface area contributed by atoms with Crippen molar-refractivity contribution in [3.8, 4) is 0 Å². The Hall–Kier alpha value is -1.91. The Balaban J connectivity index is 2.74. The number of hydrogen-bond acceptors (Lipinski definition) is 3. The molecule has 0 aliphatic heterocycles. The van der Waals surface area contributed by atoms with E-state index < -0.39 is 11.9 Å². The maximum absolute atomic E-state index is 13.0. The van der Waals surface area contributed by atoms with Crippen LogP contribution in [0.3, 0.4) is 0 Å². The monoisotopic (exact) mass is 267 g/mol. The van der Waals surface area contributed by atoms with Crippen LogP contribution in [0.15, 0.2) is 24.3 Å². The predicted molar refractivity (Wildman–Crippen MR) is 68.7 cm³/mol. The second-order valence-electron chi connectivity index (χ2n) is 4.31. The molecular weight excluding hydrogens is 249 g/mol. The SMILES string of the molecule is CCC(C(=O)OC)C(=O)N(C)Cc1cccc(F)c1. The smallest absolute Gasteiger partial charge is 0.318 e. The summed E-state index contributed by atoms with van der Waals surface area (Å²) in [5, 5.41) is 0. The molecular formula is C14H18FNO3. The second-order valence-corrected chi connectivity index (χ2v) is 4.31. The van der Waals surface area contributed by atoms with Gasteiger partial charge < -0.3 is 9.64 Å². The van der Waals surface area contributed by atoms with Gasteiger partial charge in [0.05, 0.1) is 7.11 Å². The Morgan fingerprint density at radius 2 is 2.11 bits per heavy atom. The molecule has 4 nitrogen and oxygen atoms in total. The molecule has 1 rings (SSSR count). The van der Waals surface area contributed by atoms with Crippen LogP contribution in [0.5, 0.6) is 0 Å². The molecule has 0 fully saturated rings. The highest BCUT2D eigenvalue weighted by molar-refractivity contribution is 5.97. The van der Waals surface area contributed by atoms with Gasteiger partial charge in [-0.25, -0.2) is 4.39 Å². The Labute approximate surface area is 112 Å². The summed E-state index contributed by atoms with van der Waals surface area (Å²) in [6.45, 7) is 2.00. The summed E-state index contributed by atoms with van der Waals surface area (Å²) in [7, 11) is 2.84.